The van der Waals surface area contributed by atoms with E-state index >= 15 is 0 Å². The normalized spacial score (nSPS) is 12.0. The van der Waals surface area contributed by atoms with Crippen LogP contribution in [0.15, 0.2) is 105 Å². The van der Waals surface area contributed by atoms with Crippen LogP contribution in [0, 0.1) is 0 Å². The van der Waals surface area contributed by atoms with E-state index in [1.165, 1.54) is 0 Å². The van der Waals surface area contributed by atoms with E-state index in [0.717, 1.165) is 26.9 Å². The zero-order valence-corrected chi connectivity index (χ0v) is 16.6. The molecule has 1 aromatic heterocycles. The van der Waals surface area contributed by atoms with Gasteiger partial charge in [-0.25, -0.2) is 14.8 Å². The molecule has 1 aliphatic heterocycles. The molecular weight excluding hydrogens is 388 g/mol. The second-order valence-corrected chi connectivity index (χ2v) is 6.98. The SMILES string of the molecule is C1=c2ccccc2=NCO1.O=c1oc(-c2cccc3ccccc23)nc2ccccc12. The molecule has 0 atom stereocenters. The molecule has 1 aliphatic rings. The quantitative estimate of drug-likeness (QED) is 0.421. The fraction of sp³-hybridized carbons (Fsp3) is 0.0385. The van der Waals surface area contributed by atoms with Crippen LogP contribution in [-0.4, -0.2) is 11.7 Å². The summed E-state index contributed by atoms with van der Waals surface area (Å²) >= 11 is 0. The average molecular weight is 406 g/mol. The number of fused-ring (bicyclic) bond motifs is 3. The van der Waals surface area contributed by atoms with Gasteiger partial charge in [0, 0.05) is 10.8 Å². The largest absolute Gasteiger partial charge is 0.478 e. The molecule has 5 heteroatoms. The average Bonchev–Trinajstić information content (AvgIpc) is 2.84. The first-order valence-corrected chi connectivity index (χ1v) is 9.89. The van der Waals surface area contributed by atoms with E-state index in [-0.39, 0.29) is 5.63 Å². The fourth-order valence-electron chi connectivity index (χ4n) is 3.51. The number of nitrogens with zero attached hydrogens (tertiary/aromatic N) is 2. The first-order chi connectivity index (χ1) is 15.3. The van der Waals surface area contributed by atoms with Gasteiger partial charge in [0.05, 0.1) is 22.5 Å². The lowest BCUT2D eigenvalue weighted by Crippen LogP contribution is -2.27. The van der Waals surface area contributed by atoms with Crippen molar-refractivity contribution in [2.45, 2.75) is 0 Å². The molecule has 0 saturated carbocycles. The van der Waals surface area contributed by atoms with Gasteiger partial charge < -0.3 is 9.15 Å². The summed E-state index contributed by atoms with van der Waals surface area (Å²) in [7, 11) is 0. The Labute approximate surface area is 177 Å². The molecule has 0 N–H and O–H groups in total. The number of ether oxygens (including phenoxy) is 1. The van der Waals surface area contributed by atoms with Crippen molar-refractivity contribution in [1.82, 2.24) is 4.98 Å². The van der Waals surface area contributed by atoms with Gasteiger partial charge in [-0.2, -0.15) is 0 Å². The van der Waals surface area contributed by atoms with Crippen LogP contribution in [0.3, 0.4) is 0 Å². The highest BCUT2D eigenvalue weighted by Gasteiger charge is 2.10. The molecule has 6 rings (SSSR count). The smallest absolute Gasteiger partial charge is 0.347 e. The van der Waals surface area contributed by atoms with E-state index in [1.807, 2.05) is 78.9 Å². The molecule has 31 heavy (non-hydrogen) atoms. The van der Waals surface area contributed by atoms with Gasteiger partial charge in [-0.05, 0) is 41.1 Å². The zero-order valence-electron chi connectivity index (χ0n) is 16.6. The summed E-state index contributed by atoms with van der Waals surface area (Å²) in [5, 5.41) is 4.70. The Morgan fingerprint density at radius 3 is 2.39 bits per heavy atom. The number of rotatable bonds is 1. The Kier molecular flexibility index (Phi) is 4.99. The van der Waals surface area contributed by atoms with E-state index in [9.17, 15) is 4.79 Å². The molecule has 5 aromatic rings. The Morgan fingerprint density at radius 1 is 0.742 bits per heavy atom. The third-order valence-corrected chi connectivity index (χ3v) is 5.01. The number of hydrogen-bond acceptors (Lipinski definition) is 5. The monoisotopic (exact) mass is 406 g/mol. The van der Waals surface area contributed by atoms with Crippen molar-refractivity contribution < 1.29 is 9.15 Å². The number of hydrogen-bond donors (Lipinski definition) is 0. The van der Waals surface area contributed by atoms with Crippen LogP contribution in [0.2, 0.25) is 0 Å². The maximum atomic E-state index is 12.1. The highest BCUT2D eigenvalue weighted by molar-refractivity contribution is 5.95. The van der Waals surface area contributed by atoms with Crippen molar-refractivity contribution in [2.75, 3.05) is 6.73 Å². The molecule has 0 saturated heterocycles. The summed E-state index contributed by atoms with van der Waals surface area (Å²) in [5.74, 6) is 0.357. The number of para-hydroxylation sites is 2. The number of aromatic nitrogens is 1. The molecule has 0 fully saturated rings. The molecule has 5 nitrogen and oxygen atoms in total. The van der Waals surface area contributed by atoms with Crippen molar-refractivity contribution in [3.05, 3.63) is 112 Å². The van der Waals surface area contributed by atoms with Crippen LogP contribution in [0.4, 0.5) is 0 Å². The van der Waals surface area contributed by atoms with Gasteiger partial charge in [-0.1, -0.05) is 60.7 Å². The Hall–Kier alpha value is -4.25. The molecule has 0 spiro atoms. The summed E-state index contributed by atoms with van der Waals surface area (Å²) in [6.45, 7) is 0.455. The third-order valence-electron chi connectivity index (χ3n) is 5.01. The Balaban J connectivity index is 0.000000171. The molecule has 0 bridgehead atoms. The van der Waals surface area contributed by atoms with Crippen LogP contribution in [-0.2, 0) is 4.74 Å². The van der Waals surface area contributed by atoms with Crippen LogP contribution < -0.4 is 16.2 Å². The highest BCUT2D eigenvalue weighted by Crippen LogP contribution is 2.27. The summed E-state index contributed by atoms with van der Waals surface area (Å²) in [6.07, 6.45) is 1.74. The van der Waals surface area contributed by atoms with Crippen LogP contribution in [0.25, 0.3) is 39.4 Å². The van der Waals surface area contributed by atoms with Crippen LogP contribution >= 0.6 is 0 Å². The summed E-state index contributed by atoms with van der Waals surface area (Å²) < 4.78 is 10.4. The van der Waals surface area contributed by atoms with Crippen molar-refractivity contribution in [2.24, 2.45) is 4.99 Å². The molecular formula is C26H18N2O3. The van der Waals surface area contributed by atoms with E-state index in [1.54, 1.807) is 18.4 Å². The lowest BCUT2D eigenvalue weighted by molar-refractivity contribution is 0.296. The summed E-state index contributed by atoms with van der Waals surface area (Å²) in [4.78, 5) is 20.7. The minimum absolute atomic E-state index is 0.357. The van der Waals surface area contributed by atoms with E-state index in [2.05, 4.69) is 9.98 Å². The van der Waals surface area contributed by atoms with Crippen molar-refractivity contribution in [3.8, 4) is 11.5 Å². The first-order valence-electron chi connectivity index (χ1n) is 9.89. The lowest BCUT2D eigenvalue weighted by atomic mass is 10.0. The maximum Gasteiger partial charge on any atom is 0.347 e. The molecule has 0 amide bonds. The molecule has 0 unspecified atom stereocenters. The number of benzene rings is 4. The van der Waals surface area contributed by atoms with Gasteiger partial charge in [0.1, 0.15) is 0 Å². The molecule has 150 valence electrons. The summed E-state index contributed by atoms with van der Waals surface area (Å²) in [5.41, 5.74) is 1.12. The Morgan fingerprint density at radius 2 is 1.48 bits per heavy atom. The lowest BCUT2D eigenvalue weighted by Gasteiger charge is -2.05. The minimum Gasteiger partial charge on any atom is -0.478 e. The van der Waals surface area contributed by atoms with Gasteiger partial charge in [-0.15, -0.1) is 0 Å². The van der Waals surface area contributed by atoms with E-state index < -0.39 is 0 Å². The molecule has 0 radical (unpaired) electrons. The molecule has 4 aromatic carbocycles. The third kappa shape index (κ3) is 3.81. The second kappa shape index (κ2) is 8.24. The van der Waals surface area contributed by atoms with Gasteiger partial charge >= 0.3 is 5.63 Å². The van der Waals surface area contributed by atoms with Gasteiger partial charge in [0.15, 0.2) is 6.73 Å². The topological polar surface area (TPSA) is 64.7 Å². The highest BCUT2D eigenvalue weighted by atomic mass is 16.5. The second-order valence-electron chi connectivity index (χ2n) is 6.98. The van der Waals surface area contributed by atoms with Crippen molar-refractivity contribution >= 4 is 27.9 Å². The zero-order chi connectivity index (χ0) is 21.0. The summed E-state index contributed by atoms with van der Waals surface area (Å²) in [6, 6.07) is 29.0. The minimum atomic E-state index is -0.358. The molecule has 2 heterocycles. The van der Waals surface area contributed by atoms with Crippen molar-refractivity contribution in [3.63, 3.8) is 0 Å². The first kappa shape index (κ1) is 18.8. The predicted molar refractivity (Wildman–Crippen MR) is 121 cm³/mol. The molecule has 0 aliphatic carbocycles. The standard InChI is InChI=1S/C18H11NO2.C8H7NO/c20-18-15-9-3-4-11-16(15)19-17(21-18)14-10-5-7-12-6-1-2-8-13(12)14;1-2-4-8-7(3-1)5-10-6-9-8/h1-11H;1-5H,6H2. The fourth-order valence-corrected chi connectivity index (χ4v) is 3.51. The Bertz CT molecular complexity index is 1530. The van der Waals surface area contributed by atoms with E-state index in [0.29, 0.717) is 23.5 Å². The van der Waals surface area contributed by atoms with Gasteiger partial charge in [-0.3, -0.25) is 0 Å². The van der Waals surface area contributed by atoms with Crippen molar-refractivity contribution in [1.29, 1.82) is 0 Å². The van der Waals surface area contributed by atoms with Crippen LogP contribution in [0.1, 0.15) is 0 Å². The van der Waals surface area contributed by atoms with E-state index in [4.69, 9.17) is 9.15 Å². The maximum absolute atomic E-state index is 12.1. The van der Waals surface area contributed by atoms with Gasteiger partial charge in [0.2, 0.25) is 5.89 Å². The predicted octanol–water partition coefficient (Wildman–Crippen LogP) is 4.04. The van der Waals surface area contributed by atoms with Crippen LogP contribution in [0.5, 0.6) is 0 Å². The van der Waals surface area contributed by atoms with Gasteiger partial charge in [0.25, 0.3) is 0 Å².